The summed E-state index contributed by atoms with van der Waals surface area (Å²) in [6.07, 6.45) is 3.43. The average Bonchev–Trinajstić information content (AvgIpc) is 2.76. The summed E-state index contributed by atoms with van der Waals surface area (Å²) in [4.78, 5) is 13.6. The molecule has 0 aromatic carbocycles. The molecule has 104 valence electrons. The zero-order valence-corrected chi connectivity index (χ0v) is 12.2. The molecular formula is C13H24N2O2S. The predicted octanol–water partition coefficient (Wildman–Crippen LogP) is 1.11. The number of thioether (sulfide) groups is 1. The van der Waals surface area contributed by atoms with E-state index in [0.29, 0.717) is 12.1 Å². The molecule has 2 unspecified atom stereocenters. The van der Waals surface area contributed by atoms with Gasteiger partial charge in [-0.3, -0.25) is 4.79 Å². The van der Waals surface area contributed by atoms with Gasteiger partial charge in [-0.2, -0.15) is 11.8 Å². The third-order valence-electron chi connectivity index (χ3n) is 3.79. The molecule has 1 N–H and O–H groups in total. The van der Waals surface area contributed by atoms with E-state index in [1.807, 2.05) is 4.90 Å². The topological polar surface area (TPSA) is 41.6 Å². The van der Waals surface area contributed by atoms with Crippen LogP contribution in [0, 0.1) is 0 Å². The van der Waals surface area contributed by atoms with Crippen molar-refractivity contribution in [2.75, 3.05) is 32.6 Å². The largest absolute Gasteiger partial charge is 0.375 e. The predicted molar refractivity (Wildman–Crippen MR) is 74.9 cm³/mol. The van der Waals surface area contributed by atoms with Crippen molar-refractivity contribution in [3.05, 3.63) is 0 Å². The number of likely N-dealkylation sites (tertiary alicyclic amines) is 1. The van der Waals surface area contributed by atoms with E-state index >= 15 is 0 Å². The summed E-state index contributed by atoms with van der Waals surface area (Å²) in [7, 11) is 1.57. The number of rotatable bonds is 4. The molecule has 0 aromatic rings. The number of methoxy groups -OCH3 is 1. The minimum atomic E-state index is 0.126. The quantitative estimate of drug-likeness (QED) is 0.832. The van der Waals surface area contributed by atoms with Gasteiger partial charge in [-0.15, -0.1) is 0 Å². The van der Waals surface area contributed by atoms with Crippen LogP contribution >= 0.6 is 11.8 Å². The second-order valence-electron chi connectivity index (χ2n) is 5.33. The summed E-state index contributed by atoms with van der Waals surface area (Å²) in [5.74, 6) is 1.37. The minimum Gasteiger partial charge on any atom is -0.375 e. The lowest BCUT2D eigenvalue weighted by molar-refractivity contribution is -0.136. The lowest BCUT2D eigenvalue weighted by Crippen LogP contribution is -2.48. The molecule has 0 bridgehead atoms. The van der Waals surface area contributed by atoms with E-state index in [4.69, 9.17) is 4.74 Å². The van der Waals surface area contributed by atoms with Gasteiger partial charge < -0.3 is 15.0 Å². The van der Waals surface area contributed by atoms with E-state index < -0.39 is 0 Å². The summed E-state index contributed by atoms with van der Waals surface area (Å²) in [6.45, 7) is 4.26. The molecule has 2 saturated heterocycles. The molecule has 2 aliphatic rings. The van der Waals surface area contributed by atoms with E-state index in [9.17, 15) is 4.79 Å². The van der Waals surface area contributed by atoms with Crippen LogP contribution in [0.1, 0.15) is 26.2 Å². The fraction of sp³-hybridized carbons (Fsp3) is 0.923. The van der Waals surface area contributed by atoms with Crippen LogP contribution in [-0.4, -0.2) is 60.7 Å². The molecule has 0 radical (unpaired) electrons. The minimum absolute atomic E-state index is 0.126. The van der Waals surface area contributed by atoms with Crippen LogP contribution in [0.4, 0.5) is 0 Å². The Hall–Kier alpha value is -0.260. The van der Waals surface area contributed by atoms with Crippen LogP contribution in [-0.2, 0) is 9.53 Å². The standard InChI is InChI=1S/C13H24N2O2S/c1-10-7-12(9-18-10)14-11-3-5-15(6-4-11)13(16)8-17-2/h10-12,14H,3-9H2,1-2H3. The lowest BCUT2D eigenvalue weighted by atomic mass is 10.0. The van der Waals surface area contributed by atoms with E-state index in [-0.39, 0.29) is 12.5 Å². The number of hydrogen-bond donors (Lipinski definition) is 1. The fourth-order valence-corrected chi connectivity index (χ4v) is 3.94. The van der Waals surface area contributed by atoms with Crippen molar-refractivity contribution >= 4 is 17.7 Å². The maximum absolute atomic E-state index is 11.7. The van der Waals surface area contributed by atoms with Crippen molar-refractivity contribution in [3.63, 3.8) is 0 Å². The molecule has 0 spiro atoms. The molecular weight excluding hydrogens is 248 g/mol. The number of hydrogen-bond acceptors (Lipinski definition) is 4. The molecule has 2 fully saturated rings. The Morgan fingerprint density at radius 1 is 1.39 bits per heavy atom. The molecule has 2 atom stereocenters. The van der Waals surface area contributed by atoms with Gasteiger partial charge in [0.05, 0.1) is 0 Å². The molecule has 0 aromatic heterocycles. The van der Waals surface area contributed by atoms with Gasteiger partial charge in [0.1, 0.15) is 6.61 Å². The van der Waals surface area contributed by atoms with E-state index in [1.165, 1.54) is 12.2 Å². The number of amides is 1. The van der Waals surface area contributed by atoms with Gasteiger partial charge in [0, 0.05) is 43.3 Å². The summed E-state index contributed by atoms with van der Waals surface area (Å²) in [6, 6.07) is 1.27. The van der Waals surface area contributed by atoms with Crippen molar-refractivity contribution in [3.8, 4) is 0 Å². The van der Waals surface area contributed by atoms with Crippen molar-refractivity contribution in [1.82, 2.24) is 10.2 Å². The number of carbonyl (C=O) groups excluding carboxylic acids is 1. The summed E-state index contributed by atoms with van der Waals surface area (Å²) < 4.78 is 4.89. The van der Waals surface area contributed by atoms with Crippen molar-refractivity contribution in [2.24, 2.45) is 0 Å². The van der Waals surface area contributed by atoms with Crippen LogP contribution in [0.5, 0.6) is 0 Å². The molecule has 2 rings (SSSR count). The molecule has 5 heteroatoms. The molecule has 1 amide bonds. The molecule has 4 nitrogen and oxygen atoms in total. The molecule has 0 saturated carbocycles. The summed E-state index contributed by atoms with van der Waals surface area (Å²) >= 11 is 2.06. The third kappa shape index (κ3) is 3.87. The Balaban J connectivity index is 1.68. The molecule has 18 heavy (non-hydrogen) atoms. The van der Waals surface area contributed by atoms with Gasteiger partial charge in [0.2, 0.25) is 5.91 Å². The van der Waals surface area contributed by atoms with Gasteiger partial charge in [-0.25, -0.2) is 0 Å². The van der Waals surface area contributed by atoms with Gasteiger partial charge in [-0.05, 0) is 19.3 Å². The van der Waals surface area contributed by atoms with Crippen molar-refractivity contribution in [2.45, 2.75) is 43.5 Å². The zero-order chi connectivity index (χ0) is 13.0. The normalized spacial score (nSPS) is 29.8. The molecule has 2 aliphatic heterocycles. The van der Waals surface area contributed by atoms with Crippen molar-refractivity contribution < 1.29 is 9.53 Å². The Kier molecular flexibility index (Phi) is 5.33. The van der Waals surface area contributed by atoms with Crippen LogP contribution in [0.2, 0.25) is 0 Å². The first kappa shape index (κ1) is 14.2. The van der Waals surface area contributed by atoms with E-state index in [2.05, 4.69) is 24.0 Å². The number of piperidine rings is 1. The SMILES string of the molecule is COCC(=O)N1CCC(NC2CSC(C)C2)CC1. The highest BCUT2D eigenvalue weighted by atomic mass is 32.2. The molecule has 2 heterocycles. The highest BCUT2D eigenvalue weighted by molar-refractivity contribution is 8.00. The van der Waals surface area contributed by atoms with Crippen LogP contribution in [0.3, 0.4) is 0 Å². The Bertz CT molecular complexity index is 280. The Morgan fingerprint density at radius 2 is 2.11 bits per heavy atom. The van der Waals surface area contributed by atoms with Gasteiger partial charge >= 0.3 is 0 Å². The second kappa shape index (κ2) is 6.78. The maximum Gasteiger partial charge on any atom is 0.248 e. The fourth-order valence-electron chi connectivity index (χ4n) is 2.78. The summed E-state index contributed by atoms with van der Waals surface area (Å²) in [5, 5.41) is 4.55. The third-order valence-corrected chi connectivity index (χ3v) is 5.14. The highest BCUT2D eigenvalue weighted by Crippen LogP contribution is 2.27. The number of carbonyl (C=O) groups is 1. The van der Waals surface area contributed by atoms with Gasteiger partial charge in [0.25, 0.3) is 0 Å². The smallest absolute Gasteiger partial charge is 0.248 e. The Morgan fingerprint density at radius 3 is 2.67 bits per heavy atom. The van der Waals surface area contributed by atoms with Gasteiger partial charge in [0.15, 0.2) is 0 Å². The first-order chi connectivity index (χ1) is 8.69. The Labute approximate surface area is 114 Å². The van der Waals surface area contributed by atoms with Crippen LogP contribution in [0.25, 0.3) is 0 Å². The van der Waals surface area contributed by atoms with E-state index in [0.717, 1.165) is 31.2 Å². The average molecular weight is 272 g/mol. The number of nitrogens with one attached hydrogen (secondary N) is 1. The first-order valence-electron chi connectivity index (χ1n) is 6.83. The number of nitrogens with zero attached hydrogens (tertiary/aromatic N) is 1. The molecule has 0 aliphatic carbocycles. The van der Waals surface area contributed by atoms with E-state index in [1.54, 1.807) is 7.11 Å². The monoisotopic (exact) mass is 272 g/mol. The second-order valence-corrected chi connectivity index (χ2v) is 6.80. The summed E-state index contributed by atoms with van der Waals surface area (Å²) in [5.41, 5.74) is 0. The van der Waals surface area contributed by atoms with Crippen LogP contribution < -0.4 is 5.32 Å². The first-order valence-corrected chi connectivity index (χ1v) is 7.88. The van der Waals surface area contributed by atoms with Gasteiger partial charge in [-0.1, -0.05) is 6.92 Å². The van der Waals surface area contributed by atoms with Crippen molar-refractivity contribution in [1.29, 1.82) is 0 Å². The highest BCUT2D eigenvalue weighted by Gasteiger charge is 2.27. The lowest BCUT2D eigenvalue weighted by Gasteiger charge is -2.33. The van der Waals surface area contributed by atoms with Crippen LogP contribution in [0.15, 0.2) is 0 Å². The zero-order valence-electron chi connectivity index (χ0n) is 11.4. The number of ether oxygens (including phenoxy) is 1. The maximum atomic E-state index is 11.7.